The van der Waals surface area contributed by atoms with Gasteiger partial charge in [-0.05, 0) is 61.7 Å². The molecule has 28 heavy (non-hydrogen) atoms. The quantitative estimate of drug-likeness (QED) is 0.735. The van der Waals surface area contributed by atoms with E-state index in [-0.39, 0.29) is 22.9 Å². The van der Waals surface area contributed by atoms with Crippen molar-refractivity contribution < 1.29 is 13.2 Å². The van der Waals surface area contributed by atoms with Crippen LogP contribution in [0, 0.1) is 12.3 Å². The number of benzene rings is 2. The number of amides is 1. The van der Waals surface area contributed by atoms with Crippen molar-refractivity contribution in [3.8, 4) is 12.3 Å². The summed E-state index contributed by atoms with van der Waals surface area (Å²) in [5.41, 5.74) is 2.05. The van der Waals surface area contributed by atoms with Crippen molar-refractivity contribution in [2.75, 3.05) is 29.9 Å². The lowest BCUT2D eigenvalue weighted by atomic mass is 10.1. The monoisotopic (exact) mass is 397 g/mol. The lowest BCUT2D eigenvalue weighted by Crippen LogP contribution is -2.29. The largest absolute Gasteiger partial charge is 0.372 e. The average molecular weight is 398 g/mol. The molecule has 0 atom stereocenters. The van der Waals surface area contributed by atoms with Crippen molar-refractivity contribution in [1.29, 1.82) is 0 Å². The molecule has 146 valence electrons. The Morgan fingerprint density at radius 1 is 1.07 bits per heavy atom. The van der Waals surface area contributed by atoms with Crippen LogP contribution in [0.1, 0.15) is 29.6 Å². The Bertz CT molecular complexity index is 973. The van der Waals surface area contributed by atoms with Crippen LogP contribution in [0.3, 0.4) is 0 Å². The summed E-state index contributed by atoms with van der Waals surface area (Å²) < 4.78 is 26.6. The minimum absolute atomic E-state index is 0.00385. The minimum atomic E-state index is -3.75. The van der Waals surface area contributed by atoms with E-state index >= 15 is 0 Å². The van der Waals surface area contributed by atoms with E-state index < -0.39 is 10.0 Å². The van der Waals surface area contributed by atoms with Gasteiger partial charge >= 0.3 is 0 Å². The second-order valence-corrected chi connectivity index (χ2v) is 8.37. The van der Waals surface area contributed by atoms with Gasteiger partial charge in [0.1, 0.15) is 0 Å². The molecule has 2 aromatic carbocycles. The van der Waals surface area contributed by atoms with E-state index in [9.17, 15) is 13.2 Å². The highest BCUT2D eigenvalue weighted by atomic mass is 32.2. The van der Waals surface area contributed by atoms with Gasteiger partial charge in [-0.1, -0.05) is 12.0 Å². The summed E-state index contributed by atoms with van der Waals surface area (Å²) in [6.45, 7) is 2.00. The molecular weight excluding hydrogens is 374 g/mol. The van der Waals surface area contributed by atoms with Gasteiger partial charge in [0.25, 0.3) is 5.91 Å². The number of terminal acetylenes is 1. The third kappa shape index (κ3) is 4.91. The number of anilines is 2. The summed E-state index contributed by atoms with van der Waals surface area (Å²) >= 11 is 0. The highest BCUT2D eigenvalue weighted by Gasteiger charge is 2.16. The molecule has 1 saturated heterocycles. The van der Waals surface area contributed by atoms with Gasteiger partial charge in [0.05, 0.1) is 11.4 Å². The van der Waals surface area contributed by atoms with E-state index in [1.165, 1.54) is 37.5 Å². The highest BCUT2D eigenvalue weighted by Crippen LogP contribution is 2.22. The number of carbonyl (C=O) groups excluding carboxylic acids is 1. The first-order valence-corrected chi connectivity index (χ1v) is 10.7. The molecule has 0 aliphatic carbocycles. The molecule has 0 bridgehead atoms. The molecule has 0 spiro atoms. The second-order valence-electron chi connectivity index (χ2n) is 6.61. The molecule has 0 radical (unpaired) electrons. The first-order valence-electron chi connectivity index (χ1n) is 9.19. The first-order chi connectivity index (χ1) is 13.5. The van der Waals surface area contributed by atoms with Gasteiger partial charge in [-0.3, -0.25) is 4.79 Å². The summed E-state index contributed by atoms with van der Waals surface area (Å²) in [7, 11) is -3.75. The summed E-state index contributed by atoms with van der Waals surface area (Å²) in [6, 6.07) is 13.5. The lowest BCUT2D eigenvalue weighted by Gasteiger charge is -2.28. The lowest BCUT2D eigenvalue weighted by molar-refractivity contribution is 0.102. The molecule has 3 rings (SSSR count). The van der Waals surface area contributed by atoms with Gasteiger partial charge in [0, 0.05) is 30.0 Å². The van der Waals surface area contributed by atoms with E-state index in [1.54, 1.807) is 6.07 Å². The zero-order valence-corrected chi connectivity index (χ0v) is 16.3. The van der Waals surface area contributed by atoms with Crippen LogP contribution in [-0.2, 0) is 10.0 Å². The van der Waals surface area contributed by atoms with Crippen molar-refractivity contribution >= 4 is 27.3 Å². The van der Waals surface area contributed by atoms with Gasteiger partial charge in [-0.25, -0.2) is 8.42 Å². The standard InChI is InChI=1S/C21H23N3O3S/c1-2-13-22-28(26,27)20-8-6-7-17(16-20)21(25)23-18-9-11-19(12-10-18)24-14-4-3-5-15-24/h1,6-12,16,22H,3-5,13-15H2,(H,23,25). The Morgan fingerprint density at radius 3 is 2.46 bits per heavy atom. The number of piperidine rings is 1. The normalized spacial score (nSPS) is 14.3. The van der Waals surface area contributed by atoms with Crippen molar-refractivity contribution in [2.24, 2.45) is 0 Å². The van der Waals surface area contributed by atoms with Crippen LogP contribution in [0.5, 0.6) is 0 Å². The smallest absolute Gasteiger partial charge is 0.255 e. The average Bonchev–Trinajstić information content (AvgIpc) is 2.73. The molecule has 1 aliphatic rings. The molecule has 6 nitrogen and oxygen atoms in total. The van der Waals surface area contributed by atoms with E-state index in [0.29, 0.717) is 5.69 Å². The Kier molecular flexibility index (Phi) is 6.34. The maximum absolute atomic E-state index is 12.5. The number of nitrogens with one attached hydrogen (secondary N) is 2. The van der Waals surface area contributed by atoms with Crippen LogP contribution in [0.4, 0.5) is 11.4 Å². The Balaban J connectivity index is 1.69. The van der Waals surface area contributed by atoms with Gasteiger partial charge in [-0.2, -0.15) is 4.72 Å². The number of hydrogen-bond acceptors (Lipinski definition) is 4. The zero-order valence-electron chi connectivity index (χ0n) is 15.5. The SMILES string of the molecule is C#CCNS(=O)(=O)c1cccc(C(=O)Nc2ccc(N3CCCCC3)cc2)c1. The number of carbonyl (C=O) groups is 1. The van der Waals surface area contributed by atoms with Crippen LogP contribution in [0.15, 0.2) is 53.4 Å². The molecule has 0 unspecified atom stereocenters. The van der Waals surface area contributed by atoms with Crippen LogP contribution in [0.2, 0.25) is 0 Å². The second kappa shape index (κ2) is 8.91. The van der Waals surface area contributed by atoms with Gasteiger partial charge in [0.2, 0.25) is 10.0 Å². The fraction of sp³-hybridized carbons (Fsp3) is 0.286. The summed E-state index contributed by atoms with van der Waals surface area (Å²) in [4.78, 5) is 14.9. The van der Waals surface area contributed by atoms with E-state index in [4.69, 9.17) is 6.42 Å². The van der Waals surface area contributed by atoms with Gasteiger partial charge in [0.15, 0.2) is 0 Å². The molecule has 2 N–H and O–H groups in total. The number of hydrogen-bond donors (Lipinski definition) is 2. The third-order valence-electron chi connectivity index (χ3n) is 4.62. The number of rotatable bonds is 6. The van der Waals surface area contributed by atoms with Crippen molar-refractivity contribution in [3.05, 3.63) is 54.1 Å². The summed E-state index contributed by atoms with van der Waals surface area (Å²) in [5, 5.41) is 2.81. The predicted octanol–water partition coefficient (Wildman–Crippen LogP) is 2.84. The zero-order chi connectivity index (χ0) is 20.0. The predicted molar refractivity (Wildman–Crippen MR) is 111 cm³/mol. The topological polar surface area (TPSA) is 78.5 Å². The molecule has 0 saturated carbocycles. The summed E-state index contributed by atoms with van der Waals surface area (Å²) in [6.07, 6.45) is 8.77. The Hall–Kier alpha value is -2.82. The van der Waals surface area contributed by atoms with E-state index in [1.807, 2.05) is 24.3 Å². The molecule has 2 aromatic rings. The first kappa shape index (κ1) is 19.9. The van der Waals surface area contributed by atoms with E-state index in [0.717, 1.165) is 18.8 Å². The molecule has 7 heteroatoms. The maximum Gasteiger partial charge on any atom is 0.255 e. The Labute approximate surface area is 166 Å². The van der Waals surface area contributed by atoms with Crippen molar-refractivity contribution in [2.45, 2.75) is 24.2 Å². The fourth-order valence-electron chi connectivity index (χ4n) is 3.14. The van der Waals surface area contributed by atoms with Gasteiger partial charge in [-0.15, -0.1) is 6.42 Å². The molecule has 1 aliphatic heterocycles. The number of sulfonamides is 1. The third-order valence-corrected chi connectivity index (χ3v) is 6.02. The van der Waals surface area contributed by atoms with Gasteiger partial charge < -0.3 is 10.2 Å². The Morgan fingerprint density at radius 2 is 1.79 bits per heavy atom. The van der Waals surface area contributed by atoms with Crippen LogP contribution in [-0.4, -0.2) is 34.0 Å². The van der Waals surface area contributed by atoms with Crippen molar-refractivity contribution in [3.63, 3.8) is 0 Å². The highest BCUT2D eigenvalue weighted by molar-refractivity contribution is 7.89. The minimum Gasteiger partial charge on any atom is -0.372 e. The molecule has 0 aromatic heterocycles. The molecule has 1 fully saturated rings. The van der Waals surface area contributed by atoms with Crippen LogP contribution >= 0.6 is 0 Å². The molecule has 1 amide bonds. The van der Waals surface area contributed by atoms with Crippen LogP contribution < -0.4 is 14.9 Å². The molecular formula is C21H23N3O3S. The maximum atomic E-state index is 12.5. The fourth-order valence-corrected chi connectivity index (χ4v) is 4.12. The summed E-state index contributed by atoms with van der Waals surface area (Å²) in [5.74, 6) is 1.84. The number of nitrogens with zero attached hydrogens (tertiary/aromatic N) is 1. The van der Waals surface area contributed by atoms with Crippen molar-refractivity contribution in [1.82, 2.24) is 4.72 Å². The van der Waals surface area contributed by atoms with Crippen LogP contribution in [0.25, 0.3) is 0 Å². The van der Waals surface area contributed by atoms with E-state index in [2.05, 4.69) is 20.9 Å². The molecule has 1 heterocycles.